The van der Waals surface area contributed by atoms with Crippen molar-refractivity contribution in [3.05, 3.63) is 0 Å². The second-order valence-electron chi connectivity index (χ2n) is 5.46. The van der Waals surface area contributed by atoms with E-state index in [-0.39, 0.29) is 6.10 Å². The molecule has 0 aliphatic carbocycles. The lowest BCUT2D eigenvalue weighted by Crippen LogP contribution is -2.50. The maximum Gasteiger partial charge on any atom is 0.0826 e. The van der Waals surface area contributed by atoms with Gasteiger partial charge in [-0.2, -0.15) is 0 Å². The fourth-order valence-electron chi connectivity index (χ4n) is 2.11. The number of nitrogens with one attached hydrogen (secondary N) is 1. The summed E-state index contributed by atoms with van der Waals surface area (Å²) in [6, 6.07) is 1.00. The highest BCUT2D eigenvalue weighted by atomic mass is 32.2. The van der Waals surface area contributed by atoms with E-state index in [2.05, 4.69) is 31.0 Å². The summed E-state index contributed by atoms with van der Waals surface area (Å²) < 4.78 is 16.8. The Balaban J connectivity index is 2.20. The van der Waals surface area contributed by atoms with Crippen LogP contribution in [-0.4, -0.2) is 65.5 Å². The van der Waals surface area contributed by atoms with Crippen molar-refractivity contribution in [3.63, 3.8) is 0 Å². The third-order valence-electron chi connectivity index (χ3n) is 3.43. The van der Waals surface area contributed by atoms with Crippen molar-refractivity contribution in [2.24, 2.45) is 0 Å². The Labute approximate surface area is 114 Å². The summed E-state index contributed by atoms with van der Waals surface area (Å²) >= 11 is 0. The van der Waals surface area contributed by atoms with Crippen molar-refractivity contribution in [1.29, 1.82) is 0 Å². The van der Waals surface area contributed by atoms with Crippen LogP contribution in [0.1, 0.15) is 27.2 Å². The highest BCUT2D eigenvalue weighted by Gasteiger charge is 2.22. The lowest BCUT2D eigenvalue weighted by Gasteiger charge is -2.36. The molecule has 1 saturated heterocycles. The Morgan fingerprint density at radius 3 is 2.78 bits per heavy atom. The second-order valence-corrected chi connectivity index (χ2v) is 7.01. The summed E-state index contributed by atoms with van der Waals surface area (Å²) in [5.74, 6) is 0.776. The van der Waals surface area contributed by atoms with Crippen LogP contribution in [0.15, 0.2) is 0 Å². The molecule has 0 aromatic carbocycles. The van der Waals surface area contributed by atoms with Gasteiger partial charge in [0.15, 0.2) is 0 Å². The molecule has 0 aromatic heterocycles. The third kappa shape index (κ3) is 6.27. The normalized spacial score (nSPS) is 25.3. The SMILES string of the molecule is CC(CCS(C)=O)NCC1CN(C(C)C)CCO1. The van der Waals surface area contributed by atoms with E-state index in [1.807, 2.05) is 0 Å². The summed E-state index contributed by atoms with van der Waals surface area (Å²) in [6.07, 6.45) is 3.01. The summed E-state index contributed by atoms with van der Waals surface area (Å²) in [4.78, 5) is 2.46. The predicted molar refractivity (Wildman–Crippen MR) is 77.5 cm³/mol. The van der Waals surface area contributed by atoms with Gasteiger partial charge in [0, 0.05) is 54.5 Å². The van der Waals surface area contributed by atoms with Gasteiger partial charge in [0.2, 0.25) is 0 Å². The van der Waals surface area contributed by atoms with Crippen LogP contribution in [-0.2, 0) is 15.5 Å². The standard InChI is InChI=1S/C13H28N2O2S/c1-11(2)15-6-7-17-13(10-15)9-14-12(3)5-8-18(4)16/h11-14H,5-10H2,1-4H3. The molecule has 3 unspecified atom stereocenters. The van der Waals surface area contributed by atoms with Gasteiger partial charge in [-0.15, -0.1) is 0 Å². The summed E-state index contributed by atoms with van der Waals surface area (Å²) in [7, 11) is -0.686. The fraction of sp³-hybridized carbons (Fsp3) is 1.00. The highest BCUT2D eigenvalue weighted by molar-refractivity contribution is 7.84. The van der Waals surface area contributed by atoms with Gasteiger partial charge in [0.1, 0.15) is 0 Å². The molecule has 3 atom stereocenters. The van der Waals surface area contributed by atoms with Crippen LogP contribution >= 0.6 is 0 Å². The van der Waals surface area contributed by atoms with Crippen molar-refractivity contribution in [3.8, 4) is 0 Å². The fourth-order valence-corrected chi connectivity index (χ4v) is 2.80. The molecule has 1 aliphatic rings. The van der Waals surface area contributed by atoms with Crippen molar-refractivity contribution in [2.75, 3.05) is 38.2 Å². The van der Waals surface area contributed by atoms with E-state index >= 15 is 0 Å². The highest BCUT2D eigenvalue weighted by Crippen LogP contribution is 2.08. The van der Waals surface area contributed by atoms with E-state index in [9.17, 15) is 4.21 Å². The van der Waals surface area contributed by atoms with Crippen LogP contribution in [0, 0.1) is 0 Å². The zero-order valence-electron chi connectivity index (χ0n) is 12.1. The van der Waals surface area contributed by atoms with Gasteiger partial charge in [-0.25, -0.2) is 0 Å². The van der Waals surface area contributed by atoms with E-state index < -0.39 is 10.8 Å². The molecular formula is C13H28N2O2S. The first-order chi connectivity index (χ1) is 8.49. The number of ether oxygens (including phenoxy) is 1. The van der Waals surface area contributed by atoms with Gasteiger partial charge in [-0.05, 0) is 27.2 Å². The molecule has 0 bridgehead atoms. The van der Waals surface area contributed by atoms with Crippen molar-refractivity contribution in [1.82, 2.24) is 10.2 Å². The predicted octanol–water partition coefficient (Wildman–Crippen LogP) is 0.842. The van der Waals surface area contributed by atoms with Gasteiger partial charge in [-0.1, -0.05) is 0 Å². The van der Waals surface area contributed by atoms with Crippen LogP contribution < -0.4 is 5.32 Å². The van der Waals surface area contributed by atoms with Crippen LogP contribution in [0.3, 0.4) is 0 Å². The van der Waals surface area contributed by atoms with Crippen molar-refractivity contribution >= 4 is 10.8 Å². The van der Waals surface area contributed by atoms with Gasteiger partial charge >= 0.3 is 0 Å². The number of hydrogen-bond donors (Lipinski definition) is 1. The van der Waals surface area contributed by atoms with E-state index in [4.69, 9.17) is 4.74 Å². The maximum absolute atomic E-state index is 11.0. The number of nitrogens with zero attached hydrogens (tertiary/aromatic N) is 1. The summed E-state index contributed by atoms with van der Waals surface area (Å²) in [5, 5.41) is 3.48. The zero-order chi connectivity index (χ0) is 13.5. The van der Waals surface area contributed by atoms with Gasteiger partial charge in [0.05, 0.1) is 12.7 Å². The lowest BCUT2D eigenvalue weighted by molar-refractivity contribution is -0.0379. The van der Waals surface area contributed by atoms with Crippen LogP contribution in [0.5, 0.6) is 0 Å². The van der Waals surface area contributed by atoms with Crippen LogP contribution in [0.25, 0.3) is 0 Å². The first-order valence-corrected chi connectivity index (χ1v) is 8.60. The van der Waals surface area contributed by atoms with Crippen molar-refractivity contribution < 1.29 is 8.95 Å². The third-order valence-corrected chi connectivity index (χ3v) is 4.24. The molecule has 0 spiro atoms. The van der Waals surface area contributed by atoms with Gasteiger partial charge in [0.25, 0.3) is 0 Å². The van der Waals surface area contributed by atoms with Crippen molar-refractivity contribution in [2.45, 2.75) is 45.4 Å². The second kappa shape index (κ2) is 8.25. The molecule has 1 rings (SSSR count). The van der Waals surface area contributed by atoms with Crippen LogP contribution in [0.4, 0.5) is 0 Å². The minimum atomic E-state index is -0.686. The number of rotatable bonds is 7. The minimum absolute atomic E-state index is 0.288. The monoisotopic (exact) mass is 276 g/mol. The summed E-state index contributed by atoms with van der Waals surface area (Å²) in [5.41, 5.74) is 0. The van der Waals surface area contributed by atoms with E-state index in [1.54, 1.807) is 6.26 Å². The van der Waals surface area contributed by atoms with Gasteiger partial charge < -0.3 is 10.1 Å². The Morgan fingerprint density at radius 1 is 1.44 bits per heavy atom. The van der Waals surface area contributed by atoms with Gasteiger partial charge in [-0.3, -0.25) is 9.11 Å². The molecule has 5 heteroatoms. The molecule has 0 saturated carbocycles. The maximum atomic E-state index is 11.0. The van der Waals surface area contributed by atoms with E-state index in [0.29, 0.717) is 12.1 Å². The first-order valence-electron chi connectivity index (χ1n) is 6.88. The Hall–Kier alpha value is 0.0300. The molecule has 0 radical (unpaired) electrons. The molecular weight excluding hydrogens is 248 g/mol. The number of hydrogen-bond acceptors (Lipinski definition) is 4. The smallest absolute Gasteiger partial charge is 0.0826 e. The Bertz CT molecular complexity index is 261. The molecule has 108 valence electrons. The topological polar surface area (TPSA) is 41.6 Å². The van der Waals surface area contributed by atoms with E-state index in [0.717, 1.165) is 38.4 Å². The molecule has 1 N–H and O–H groups in total. The quantitative estimate of drug-likeness (QED) is 0.748. The molecule has 18 heavy (non-hydrogen) atoms. The minimum Gasteiger partial charge on any atom is -0.374 e. The Morgan fingerprint density at radius 2 is 2.17 bits per heavy atom. The Kier molecular flexibility index (Phi) is 7.37. The molecule has 4 nitrogen and oxygen atoms in total. The molecule has 0 aromatic rings. The number of morpholine rings is 1. The molecule has 1 heterocycles. The molecule has 0 amide bonds. The largest absolute Gasteiger partial charge is 0.374 e. The average molecular weight is 276 g/mol. The van der Waals surface area contributed by atoms with E-state index in [1.165, 1.54) is 0 Å². The lowest BCUT2D eigenvalue weighted by atomic mass is 10.2. The summed E-state index contributed by atoms with van der Waals surface area (Å²) in [6.45, 7) is 10.4. The molecule has 1 fully saturated rings. The first kappa shape index (κ1) is 16.1. The average Bonchev–Trinajstić information content (AvgIpc) is 2.34. The zero-order valence-corrected chi connectivity index (χ0v) is 13.0. The van der Waals surface area contributed by atoms with Crippen LogP contribution in [0.2, 0.25) is 0 Å². The molecule has 1 aliphatic heterocycles.